The number of rotatable bonds is 3. The molecule has 4 aromatic rings. The van der Waals surface area contributed by atoms with Gasteiger partial charge in [-0.3, -0.25) is 14.2 Å². The van der Waals surface area contributed by atoms with Crippen LogP contribution in [-0.2, 0) is 11.2 Å². The summed E-state index contributed by atoms with van der Waals surface area (Å²) in [5, 5.41) is 4.78. The number of hydrogen-bond donors (Lipinski definition) is 2. The van der Waals surface area contributed by atoms with Crippen LogP contribution in [0, 0.1) is 5.92 Å². The summed E-state index contributed by atoms with van der Waals surface area (Å²) < 4.78 is 1.62. The van der Waals surface area contributed by atoms with Gasteiger partial charge in [-0.15, -0.1) is 0 Å². The lowest BCUT2D eigenvalue weighted by molar-refractivity contribution is -0.128. The quantitative estimate of drug-likeness (QED) is 0.566. The van der Waals surface area contributed by atoms with Crippen molar-refractivity contribution in [1.82, 2.24) is 19.9 Å². The topological polar surface area (TPSA) is 79.8 Å². The minimum Gasteiger partial charge on any atom is -0.361 e. The smallest absolute Gasteiger partial charge is 0.262 e. The van der Waals surface area contributed by atoms with Crippen molar-refractivity contribution < 1.29 is 4.79 Å². The second kappa shape index (κ2) is 6.58. The van der Waals surface area contributed by atoms with Gasteiger partial charge < -0.3 is 10.3 Å². The fraction of sp³-hybridized carbons (Fsp3) is 0.261. The number of nitrogens with zero attached hydrogens (tertiary/aromatic N) is 2. The van der Waals surface area contributed by atoms with Crippen molar-refractivity contribution in [1.29, 1.82) is 0 Å². The van der Waals surface area contributed by atoms with Gasteiger partial charge in [0.15, 0.2) is 0 Å². The van der Waals surface area contributed by atoms with Gasteiger partial charge in [0.2, 0.25) is 5.91 Å². The van der Waals surface area contributed by atoms with E-state index in [-0.39, 0.29) is 23.4 Å². The molecule has 0 aliphatic carbocycles. The number of fused-ring (bicyclic) bond motifs is 3. The first-order valence-electron chi connectivity index (χ1n) is 9.91. The van der Waals surface area contributed by atoms with Crippen LogP contribution in [0.5, 0.6) is 0 Å². The van der Waals surface area contributed by atoms with E-state index in [9.17, 15) is 9.59 Å². The Labute approximate surface area is 167 Å². The molecule has 2 atom stereocenters. The lowest BCUT2D eigenvalue weighted by Crippen LogP contribution is -2.50. The van der Waals surface area contributed by atoms with Crippen LogP contribution >= 0.6 is 0 Å². The highest BCUT2D eigenvalue weighted by Crippen LogP contribution is 2.31. The average Bonchev–Trinajstić information content (AvgIpc) is 3.12. The first-order valence-corrected chi connectivity index (χ1v) is 9.91. The van der Waals surface area contributed by atoms with Gasteiger partial charge in [-0.05, 0) is 29.7 Å². The molecule has 6 nitrogen and oxygen atoms in total. The first-order chi connectivity index (χ1) is 14.0. The minimum atomic E-state index is -0.561. The molecule has 146 valence electrons. The number of nitrogens with one attached hydrogen (secondary N) is 2. The second-order valence-corrected chi connectivity index (χ2v) is 7.98. The molecule has 1 aliphatic rings. The molecule has 1 amide bonds. The van der Waals surface area contributed by atoms with Crippen LogP contribution in [0.3, 0.4) is 0 Å². The zero-order valence-electron chi connectivity index (χ0n) is 16.3. The Morgan fingerprint density at radius 1 is 1.03 bits per heavy atom. The number of carbonyl (C=O) groups excluding carboxylic acids is 1. The predicted octanol–water partition coefficient (Wildman–Crippen LogP) is 3.49. The van der Waals surface area contributed by atoms with Gasteiger partial charge in [0, 0.05) is 23.5 Å². The van der Waals surface area contributed by atoms with Gasteiger partial charge in [-0.1, -0.05) is 44.2 Å². The van der Waals surface area contributed by atoms with E-state index in [0.29, 0.717) is 23.1 Å². The van der Waals surface area contributed by atoms with Crippen molar-refractivity contribution in [3.63, 3.8) is 0 Å². The molecule has 29 heavy (non-hydrogen) atoms. The summed E-state index contributed by atoms with van der Waals surface area (Å²) in [6.45, 7) is 3.91. The molecule has 0 fully saturated rings. The largest absolute Gasteiger partial charge is 0.361 e. The maximum Gasteiger partial charge on any atom is 0.262 e. The molecule has 0 bridgehead atoms. The molecule has 0 saturated heterocycles. The first kappa shape index (κ1) is 17.7. The van der Waals surface area contributed by atoms with Crippen LogP contribution in [0.1, 0.15) is 37.3 Å². The van der Waals surface area contributed by atoms with Crippen LogP contribution in [0.15, 0.2) is 59.5 Å². The zero-order chi connectivity index (χ0) is 20.1. The zero-order valence-corrected chi connectivity index (χ0v) is 16.3. The lowest BCUT2D eigenvalue weighted by atomic mass is 9.96. The van der Waals surface area contributed by atoms with E-state index in [4.69, 9.17) is 4.98 Å². The highest BCUT2D eigenvalue weighted by molar-refractivity contribution is 5.85. The second-order valence-electron chi connectivity index (χ2n) is 7.98. The van der Waals surface area contributed by atoms with Crippen molar-refractivity contribution in [3.8, 4) is 0 Å². The number of benzene rings is 2. The summed E-state index contributed by atoms with van der Waals surface area (Å²) in [6.07, 6.45) is 2.53. The van der Waals surface area contributed by atoms with Gasteiger partial charge >= 0.3 is 0 Å². The van der Waals surface area contributed by atoms with E-state index in [1.54, 1.807) is 10.6 Å². The molecule has 0 saturated carbocycles. The summed E-state index contributed by atoms with van der Waals surface area (Å²) >= 11 is 0. The molecular weight excluding hydrogens is 364 g/mol. The van der Waals surface area contributed by atoms with Crippen LogP contribution in [-0.4, -0.2) is 20.4 Å². The fourth-order valence-electron chi connectivity index (χ4n) is 4.38. The summed E-state index contributed by atoms with van der Waals surface area (Å²) in [6, 6.07) is 14.5. The molecule has 0 spiro atoms. The molecule has 2 aromatic heterocycles. The molecule has 0 unspecified atom stereocenters. The summed E-state index contributed by atoms with van der Waals surface area (Å²) in [7, 11) is 0. The summed E-state index contributed by atoms with van der Waals surface area (Å²) in [5.41, 5.74) is 2.64. The third-order valence-corrected chi connectivity index (χ3v) is 5.74. The van der Waals surface area contributed by atoms with Gasteiger partial charge in [0.25, 0.3) is 5.56 Å². The summed E-state index contributed by atoms with van der Waals surface area (Å²) in [5.74, 6) is 0.470. The normalized spacial score (nSPS) is 18.9. The highest BCUT2D eigenvalue weighted by atomic mass is 16.2. The van der Waals surface area contributed by atoms with Crippen molar-refractivity contribution in [2.24, 2.45) is 5.92 Å². The van der Waals surface area contributed by atoms with E-state index in [2.05, 4.69) is 16.4 Å². The third-order valence-electron chi connectivity index (χ3n) is 5.74. The van der Waals surface area contributed by atoms with Crippen LogP contribution in [0.2, 0.25) is 0 Å². The number of para-hydroxylation sites is 2. The Balaban J connectivity index is 1.70. The number of amides is 1. The Bertz CT molecular complexity index is 1300. The number of hydrogen-bond acceptors (Lipinski definition) is 3. The van der Waals surface area contributed by atoms with E-state index in [0.717, 1.165) is 16.5 Å². The molecule has 1 aliphatic heterocycles. The molecule has 2 N–H and O–H groups in total. The number of aromatic amines is 1. The summed E-state index contributed by atoms with van der Waals surface area (Å²) in [4.78, 5) is 34.4. The van der Waals surface area contributed by atoms with E-state index in [1.165, 1.54) is 0 Å². The number of carbonyl (C=O) groups is 1. The molecular formula is C23H22N4O2. The highest BCUT2D eigenvalue weighted by Gasteiger charge is 2.37. The Morgan fingerprint density at radius 2 is 1.76 bits per heavy atom. The standard InChI is InChI=1S/C23H22N4O2/c1-13(2)20-22(28)26-19(11-14-12-24-17-9-5-3-7-15(14)17)21-25-18-10-6-4-8-16(18)23(29)27(20)21/h3-10,12-13,19-20,24H,11H2,1-2H3,(H,26,28)/t19-,20+/m0/s1. The Kier molecular flexibility index (Phi) is 4.01. The van der Waals surface area contributed by atoms with E-state index < -0.39 is 6.04 Å². The SMILES string of the molecule is CC(C)[C@@H]1C(=O)N[C@@H](Cc2c[nH]c3ccccc23)c2nc3ccccc3c(=O)n21. The molecule has 2 aromatic carbocycles. The Morgan fingerprint density at radius 3 is 2.55 bits per heavy atom. The van der Waals surface area contributed by atoms with Crippen LogP contribution in [0.25, 0.3) is 21.8 Å². The average molecular weight is 386 g/mol. The maximum absolute atomic E-state index is 13.3. The number of aromatic nitrogens is 3. The van der Waals surface area contributed by atoms with Gasteiger partial charge in [0.1, 0.15) is 11.9 Å². The van der Waals surface area contributed by atoms with Crippen LogP contribution < -0.4 is 10.9 Å². The van der Waals surface area contributed by atoms with Gasteiger partial charge in [-0.25, -0.2) is 4.98 Å². The van der Waals surface area contributed by atoms with Gasteiger partial charge in [0.05, 0.1) is 16.9 Å². The van der Waals surface area contributed by atoms with Crippen molar-refractivity contribution >= 4 is 27.7 Å². The number of H-pyrrole nitrogens is 1. The molecule has 3 heterocycles. The van der Waals surface area contributed by atoms with E-state index >= 15 is 0 Å². The molecule has 0 radical (unpaired) electrons. The third kappa shape index (κ3) is 2.75. The predicted molar refractivity (Wildman–Crippen MR) is 113 cm³/mol. The van der Waals surface area contributed by atoms with Crippen molar-refractivity contribution in [2.45, 2.75) is 32.4 Å². The van der Waals surface area contributed by atoms with Gasteiger partial charge in [-0.2, -0.15) is 0 Å². The minimum absolute atomic E-state index is 0.0246. The lowest BCUT2D eigenvalue weighted by Gasteiger charge is -2.34. The molecule has 6 heteroatoms. The monoisotopic (exact) mass is 386 g/mol. The maximum atomic E-state index is 13.3. The molecule has 5 rings (SSSR count). The fourth-order valence-corrected chi connectivity index (χ4v) is 4.38. The van der Waals surface area contributed by atoms with Crippen LogP contribution in [0.4, 0.5) is 0 Å². The van der Waals surface area contributed by atoms with E-state index in [1.807, 2.05) is 56.4 Å². The van der Waals surface area contributed by atoms with Crippen molar-refractivity contribution in [3.05, 3.63) is 76.5 Å². The van der Waals surface area contributed by atoms with Crippen molar-refractivity contribution in [2.75, 3.05) is 0 Å². The Hall–Kier alpha value is -3.41.